The smallest absolute Gasteiger partial charge is 0.426 e. The summed E-state index contributed by atoms with van der Waals surface area (Å²) in [5, 5.41) is 15.0. The molecule has 2 saturated heterocycles. The van der Waals surface area contributed by atoms with Gasteiger partial charge in [-0.2, -0.15) is 29.0 Å². The Morgan fingerprint density at radius 1 is 1.36 bits per heavy atom. The summed E-state index contributed by atoms with van der Waals surface area (Å²) in [6, 6.07) is 0. The van der Waals surface area contributed by atoms with E-state index in [0.717, 1.165) is 25.7 Å². The fourth-order valence-corrected chi connectivity index (χ4v) is 6.88. The molecule has 2 aliphatic heterocycles. The van der Waals surface area contributed by atoms with Crippen LogP contribution >= 0.6 is 11.8 Å². The van der Waals surface area contributed by atoms with Crippen LogP contribution in [0.2, 0.25) is 0 Å². The van der Waals surface area contributed by atoms with Crippen molar-refractivity contribution in [3.63, 3.8) is 0 Å². The summed E-state index contributed by atoms with van der Waals surface area (Å²) in [5.74, 6) is -0.757. The first-order valence-electron chi connectivity index (χ1n) is 9.05. The predicted octanol–water partition coefficient (Wildman–Crippen LogP) is 1.16. The lowest BCUT2D eigenvalue weighted by Gasteiger charge is -2.36. The van der Waals surface area contributed by atoms with Gasteiger partial charge in [-0.05, 0) is 44.4 Å². The topological polar surface area (TPSA) is 130 Å². The number of hydrogen-bond donors (Lipinski definition) is 3. The van der Waals surface area contributed by atoms with E-state index in [1.54, 1.807) is 11.8 Å². The van der Waals surface area contributed by atoms with Crippen LogP contribution in [0.15, 0.2) is 0 Å². The lowest BCUT2D eigenvalue weighted by atomic mass is 9.73. The van der Waals surface area contributed by atoms with Crippen molar-refractivity contribution in [1.82, 2.24) is 0 Å². The SMILES string of the molecule is CC1(O)CCCC1C1CC2SC1CC2OCC(=O)OC(O)C(F)(F)S(=O)(=O)O. The molecule has 2 heterocycles. The van der Waals surface area contributed by atoms with Gasteiger partial charge in [0.1, 0.15) is 6.61 Å². The Labute approximate surface area is 165 Å². The van der Waals surface area contributed by atoms with Gasteiger partial charge in [0, 0.05) is 10.5 Å². The first-order valence-corrected chi connectivity index (χ1v) is 11.4. The molecule has 1 saturated carbocycles. The van der Waals surface area contributed by atoms with Gasteiger partial charge in [-0.25, -0.2) is 4.79 Å². The normalized spacial score (nSPS) is 39.3. The van der Waals surface area contributed by atoms with Gasteiger partial charge in [-0.3, -0.25) is 4.55 Å². The highest BCUT2D eigenvalue weighted by Crippen LogP contribution is 2.57. The molecule has 3 aliphatic rings. The third-order valence-corrected chi connectivity index (χ3v) is 8.64. The maximum Gasteiger partial charge on any atom is 0.430 e. The van der Waals surface area contributed by atoms with Gasteiger partial charge in [0.15, 0.2) is 0 Å². The van der Waals surface area contributed by atoms with Gasteiger partial charge in [-0.15, -0.1) is 0 Å². The van der Waals surface area contributed by atoms with E-state index < -0.39 is 39.8 Å². The van der Waals surface area contributed by atoms with Crippen LogP contribution in [0.4, 0.5) is 8.78 Å². The van der Waals surface area contributed by atoms with Crippen molar-refractivity contribution in [2.24, 2.45) is 11.8 Å². The second-order valence-corrected chi connectivity index (χ2v) is 10.9. The number of carbonyl (C=O) groups is 1. The first kappa shape index (κ1) is 22.2. The lowest BCUT2D eigenvalue weighted by molar-refractivity contribution is -0.209. The summed E-state index contributed by atoms with van der Waals surface area (Å²) in [6.45, 7) is 1.15. The number of esters is 1. The van der Waals surface area contributed by atoms with Crippen LogP contribution in [0.5, 0.6) is 0 Å². The molecule has 12 heteroatoms. The van der Waals surface area contributed by atoms with Crippen molar-refractivity contribution in [2.75, 3.05) is 6.61 Å². The number of rotatable bonds is 7. The first-order chi connectivity index (χ1) is 12.8. The van der Waals surface area contributed by atoms with Crippen LogP contribution in [0.1, 0.15) is 39.0 Å². The Morgan fingerprint density at radius 2 is 2.04 bits per heavy atom. The highest BCUT2D eigenvalue weighted by molar-refractivity contribution is 8.01. The van der Waals surface area contributed by atoms with E-state index in [1.165, 1.54) is 0 Å². The number of alkyl halides is 2. The Kier molecular flexibility index (Phi) is 6.03. The molecule has 0 spiro atoms. The van der Waals surface area contributed by atoms with Gasteiger partial charge in [-0.1, -0.05) is 6.42 Å². The van der Waals surface area contributed by atoms with Gasteiger partial charge in [0.25, 0.3) is 6.29 Å². The van der Waals surface area contributed by atoms with E-state index in [1.807, 2.05) is 6.92 Å². The largest absolute Gasteiger partial charge is 0.430 e. The minimum atomic E-state index is -5.93. The summed E-state index contributed by atoms with van der Waals surface area (Å²) >= 11 is 1.74. The van der Waals surface area contributed by atoms with E-state index in [4.69, 9.17) is 14.4 Å². The number of ether oxygens (including phenoxy) is 2. The Bertz CT molecular complexity index is 713. The molecule has 0 aromatic rings. The number of halogens is 2. The molecular weight excluding hydrogens is 422 g/mol. The molecule has 0 radical (unpaired) electrons. The number of aliphatic hydroxyl groups is 2. The maximum absolute atomic E-state index is 13.2. The number of fused-ring (bicyclic) bond motifs is 2. The predicted molar refractivity (Wildman–Crippen MR) is 94.2 cm³/mol. The van der Waals surface area contributed by atoms with E-state index in [0.29, 0.717) is 12.3 Å². The number of carbonyl (C=O) groups excluding carboxylic acids is 1. The molecule has 3 fully saturated rings. The average molecular weight is 446 g/mol. The summed E-state index contributed by atoms with van der Waals surface area (Å²) in [6.07, 6.45) is 0.644. The van der Waals surface area contributed by atoms with E-state index in [-0.39, 0.29) is 22.5 Å². The van der Waals surface area contributed by atoms with Gasteiger partial charge in [0.2, 0.25) is 0 Å². The molecule has 7 unspecified atom stereocenters. The highest BCUT2D eigenvalue weighted by atomic mass is 32.2. The number of aliphatic hydroxyl groups excluding tert-OH is 1. The minimum Gasteiger partial charge on any atom is -0.426 e. The van der Waals surface area contributed by atoms with Gasteiger partial charge in [0.05, 0.1) is 11.7 Å². The third kappa shape index (κ3) is 4.17. The molecule has 2 bridgehead atoms. The number of hydrogen-bond acceptors (Lipinski definition) is 8. The van der Waals surface area contributed by atoms with Crippen LogP contribution in [-0.4, -0.2) is 69.5 Å². The molecule has 0 amide bonds. The fraction of sp³-hybridized carbons (Fsp3) is 0.938. The van der Waals surface area contributed by atoms with Crippen molar-refractivity contribution in [3.05, 3.63) is 0 Å². The molecule has 0 aromatic carbocycles. The Morgan fingerprint density at radius 3 is 2.54 bits per heavy atom. The Balaban J connectivity index is 1.47. The van der Waals surface area contributed by atoms with Crippen molar-refractivity contribution in [2.45, 2.75) is 72.8 Å². The fourth-order valence-electron chi connectivity index (χ4n) is 4.63. The van der Waals surface area contributed by atoms with Crippen LogP contribution in [0.25, 0.3) is 0 Å². The van der Waals surface area contributed by atoms with Crippen molar-refractivity contribution in [3.8, 4) is 0 Å². The van der Waals surface area contributed by atoms with Crippen LogP contribution < -0.4 is 0 Å². The van der Waals surface area contributed by atoms with Crippen LogP contribution in [0, 0.1) is 11.8 Å². The van der Waals surface area contributed by atoms with E-state index >= 15 is 0 Å². The monoisotopic (exact) mass is 446 g/mol. The molecule has 28 heavy (non-hydrogen) atoms. The van der Waals surface area contributed by atoms with Crippen LogP contribution in [-0.2, 0) is 24.4 Å². The standard InChI is InChI=1S/C16H24F2O8S2/c1-15(21)4-2-3-9(15)8-5-12-10(6-11(8)27-12)25-7-13(19)26-14(20)16(17,18)28(22,23)24/h8-12,14,20-21H,2-7H2,1H3,(H,22,23,24). The summed E-state index contributed by atoms with van der Waals surface area (Å²) in [5.41, 5.74) is -0.662. The van der Waals surface area contributed by atoms with E-state index in [9.17, 15) is 27.1 Å². The second-order valence-electron chi connectivity index (χ2n) is 7.93. The summed E-state index contributed by atoms with van der Waals surface area (Å²) < 4.78 is 65.2. The highest BCUT2D eigenvalue weighted by Gasteiger charge is 2.55. The van der Waals surface area contributed by atoms with E-state index in [2.05, 4.69) is 4.74 Å². The molecule has 162 valence electrons. The zero-order valence-corrected chi connectivity index (χ0v) is 16.8. The summed E-state index contributed by atoms with van der Waals surface area (Å²) in [4.78, 5) is 11.6. The lowest BCUT2D eigenvalue weighted by Crippen LogP contribution is -2.44. The molecule has 7 atom stereocenters. The molecular formula is C16H24F2O8S2. The number of thioether (sulfide) groups is 1. The van der Waals surface area contributed by atoms with Crippen molar-refractivity contribution in [1.29, 1.82) is 0 Å². The summed E-state index contributed by atoms with van der Waals surface area (Å²) in [7, 11) is -5.93. The molecule has 3 rings (SSSR count). The van der Waals surface area contributed by atoms with Crippen LogP contribution in [0.3, 0.4) is 0 Å². The second kappa shape index (κ2) is 7.62. The Hall–Kier alpha value is -0.530. The van der Waals surface area contributed by atoms with Crippen molar-refractivity contribution < 1.29 is 46.2 Å². The van der Waals surface area contributed by atoms with Gasteiger partial charge < -0.3 is 19.7 Å². The zero-order valence-electron chi connectivity index (χ0n) is 15.2. The molecule has 1 aliphatic carbocycles. The average Bonchev–Trinajstić information content (AvgIpc) is 3.24. The third-order valence-electron chi connectivity index (χ3n) is 6.01. The molecule has 8 nitrogen and oxygen atoms in total. The minimum absolute atomic E-state index is 0.114. The molecule has 3 N–H and O–H groups in total. The quantitative estimate of drug-likeness (QED) is 0.299. The maximum atomic E-state index is 13.2. The molecule has 0 aromatic heterocycles. The van der Waals surface area contributed by atoms with Gasteiger partial charge >= 0.3 is 21.3 Å². The van der Waals surface area contributed by atoms with Crippen molar-refractivity contribution >= 4 is 27.8 Å². The zero-order chi connectivity index (χ0) is 20.9.